The summed E-state index contributed by atoms with van der Waals surface area (Å²) in [6, 6.07) is 9.45. The van der Waals surface area contributed by atoms with Crippen LogP contribution in [0.4, 0.5) is 30.2 Å². The maximum Gasteiger partial charge on any atom is 0.416 e. The zero-order chi connectivity index (χ0) is 18.6. The fourth-order valence-electron chi connectivity index (χ4n) is 1.89. The number of benzene rings is 2. The van der Waals surface area contributed by atoms with Crippen LogP contribution in [-0.4, -0.2) is 10.0 Å². The number of nitrogens with zero attached hydrogens (tertiary/aromatic N) is 1. The van der Waals surface area contributed by atoms with Gasteiger partial charge in [0.1, 0.15) is 5.69 Å². The van der Waals surface area contributed by atoms with Gasteiger partial charge in [-0.25, -0.2) is 0 Å². The van der Waals surface area contributed by atoms with Crippen molar-refractivity contribution < 1.29 is 18.1 Å². The second-order valence-electron chi connectivity index (χ2n) is 5.06. The molecule has 2 aromatic rings. The molecule has 0 radical (unpaired) electrons. The molecule has 0 heterocycles. The molecule has 2 rings (SSSR count). The molecule has 0 atom stereocenters. The van der Waals surface area contributed by atoms with Gasteiger partial charge in [0.2, 0.25) is 0 Å². The Hall–Kier alpha value is -2.88. The van der Waals surface area contributed by atoms with Crippen molar-refractivity contribution in [2.45, 2.75) is 13.1 Å². The summed E-state index contributed by atoms with van der Waals surface area (Å²) in [6.45, 7) is 1.92. The average Bonchev–Trinajstić information content (AvgIpc) is 2.54. The molecular weight excluding hydrogens is 357 g/mol. The van der Waals surface area contributed by atoms with Crippen molar-refractivity contribution >= 4 is 34.4 Å². The van der Waals surface area contributed by atoms with E-state index >= 15 is 0 Å². The molecule has 0 saturated heterocycles. The fourth-order valence-corrected chi connectivity index (χ4v) is 2.06. The van der Waals surface area contributed by atoms with Gasteiger partial charge in [0.05, 0.1) is 10.5 Å². The lowest BCUT2D eigenvalue weighted by Crippen LogP contribution is -2.33. The summed E-state index contributed by atoms with van der Waals surface area (Å²) >= 11 is 5.03. The van der Waals surface area contributed by atoms with Gasteiger partial charge in [-0.2, -0.15) is 13.2 Å². The summed E-state index contributed by atoms with van der Waals surface area (Å²) in [7, 11) is 0. The minimum atomic E-state index is -4.67. The van der Waals surface area contributed by atoms with Gasteiger partial charge in [0.25, 0.3) is 5.69 Å². The molecule has 0 aromatic heterocycles. The van der Waals surface area contributed by atoms with Gasteiger partial charge in [-0.3, -0.25) is 21.0 Å². The Balaban J connectivity index is 2.07. The van der Waals surface area contributed by atoms with Crippen LogP contribution in [0.1, 0.15) is 11.1 Å². The quantitative estimate of drug-likeness (QED) is 0.425. The molecule has 3 N–H and O–H groups in total. The Morgan fingerprint density at radius 1 is 1.16 bits per heavy atom. The van der Waals surface area contributed by atoms with E-state index in [-0.39, 0.29) is 10.8 Å². The highest BCUT2D eigenvalue weighted by atomic mass is 32.1. The van der Waals surface area contributed by atoms with Gasteiger partial charge >= 0.3 is 6.18 Å². The first-order valence-electron chi connectivity index (χ1n) is 6.92. The van der Waals surface area contributed by atoms with E-state index in [2.05, 4.69) is 16.2 Å². The van der Waals surface area contributed by atoms with Crippen LogP contribution in [0.2, 0.25) is 0 Å². The third-order valence-corrected chi connectivity index (χ3v) is 3.35. The second-order valence-corrected chi connectivity index (χ2v) is 5.47. The normalized spacial score (nSPS) is 10.9. The topological polar surface area (TPSA) is 79.2 Å². The van der Waals surface area contributed by atoms with Gasteiger partial charge < -0.3 is 5.32 Å². The molecule has 2 aromatic carbocycles. The van der Waals surface area contributed by atoms with Crippen molar-refractivity contribution in [2.75, 3.05) is 10.7 Å². The molecular formula is C15H13F3N4O2S. The zero-order valence-electron chi connectivity index (χ0n) is 12.8. The Kier molecular flexibility index (Phi) is 5.42. The molecule has 0 spiro atoms. The molecule has 6 nitrogen and oxygen atoms in total. The molecule has 0 bridgehead atoms. The van der Waals surface area contributed by atoms with Crippen molar-refractivity contribution in [3.05, 3.63) is 63.7 Å². The Morgan fingerprint density at radius 2 is 1.80 bits per heavy atom. The number of nitrogens with one attached hydrogen (secondary N) is 3. The number of hydrazine groups is 1. The summed E-state index contributed by atoms with van der Waals surface area (Å²) in [4.78, 5) is 10.1. The predicted molar refractivity (Wildman–Crippen MR) is 92.3 cm³/mol. The first kappa shape index (κ1) is 18.5. The van der Waals surface area contributed by atoms with E-state index in [1.165, 1.54) is 0 Å². The van der Waals surface area contributed by atoms with Crippen molar-refractivity contribution in [2.24, 2.45) is 0 Å². The third kappa shape index (κ3) is 5.05. The average molecular weight is 370 g/mol. The molecule has 0 amide bonds. The molecule has 0 aliphatic heterocycles. The summed E-state index contributed by atoms with van der Waals surface area (Å²) in [5.41, 5.74) is 4.71. The highest BCUT2D eigenvalue weighted by Crippen LogP contribution is 2.34. The van der Waals surface area contributed by atoms with E-state index in [9.17, 15) is 23.3 Å². The standard InChI is InChI=1S/C15H13F3N4O2S/c1-9-2-5-11(6-3-9)19-14(25)21-20-12-7-4-10(15(16,17)18)8-13(12)22(23)24/h2-8,20H,1H3,(H2,19,21,25). The highest BCUT2D eigenvalue weighted by Gasteiger charge is 2.33. The number of nitro benzene ring substituents is 1. The Labute approximate surface area is 146 Å². The second kappa shape index (κ2) is 7.34. The molecule has 0 saturated carbocycles. The minimum Gasteiger partial charge on any atom is -0.331 e. The van der Waals surface area contributed by atoms with Crippen LogP contribution < -0.4 is 16.2 Å². The summed E-state index contributed by atoms with van der Waals surface area (Å²) in [5, 5.41) is 13.9. The number of rotatable bonds is 4. The van der Waals surface area contributed by atoms with Gasteiger partial charge in [-0.15, -0.1) is 0 Å². The van der Waals surface area contributed by atoms with Gasteiger partial charge in [0.15, 0.2) is 5.11 Å². The first-order valence-corrected chi connectivity index (χ1v) is 7.33. The number of hydrogen-bond donors (Lipinski definition) is 3. The minimum absolute atomic E-state index is 0.0954. The number of anilines is 2. The highest BCUT2D eigenvalue weighted by molar-refractivity contribution is 7.80. The maximum absolute atomic E-state index is 12.7. The van der Waals surface area contributed by atoms with Crippen molar-refractivity contribution in [1.82, 2.24) is 5.43 Å². The Bertz CT molecular complexity index is 794. The van der Waals surface area contributed by atoms with Crippen LogP contribution in [0.15, 0.2) is 42.5 Å². The molecule has 0 aliphatic carbocycles. The smallest absolute Gasteiger partial charge is 0.331 e. The van der Waals surface area contributed by atoms with Crippen LogP contribution in [0, 0.1) is 17.0 Å². The first-order chi connectivity index (χ1) is 11.7. The molecule has 25 heavy (non-hydrogen) atoms. The lowest BCUT2D eigenvalue weighted by Gasteiger charge is -2.14. The number of alkyl halides is 3. The maximum atomic E-state index is 12.7. The molecule has 10 heteroatoms. The van der Waals surface area contributed by atoms with Gasteiger partial charge in [-0.1, -0.05) is 17.7 Å². The van der Waals surface area contributed by atoms with E-state index in [4.69, 9.17) is 12.2 Å². The van der Waals surface area contributed by atoms with Crippen LogP contribution in [0.3, 0.4) is 0 Å². The fraction of sp³-hybridized carbons (Fsp3) is 0.133. The van der Waals surface area contributed by atoms with Crippen LogP contribution >= 0.6 is 12.2 Å². The van der Waals surface area contributed by atoms with Crippen molar-refractivity contribution in [3.63, 3.8) is 0 Å². The van der Waals surface area contributed by atoms with Gasteiger partial charge in [0, 0.05) is 11.8 Å². The van der Waals surface area contributed by atoms with E-state index < -0.39 is 22.4 Å². The van der Waals surface area contributed by atoms with Crippen molar-refractivity contribution in [1.29, 1.82) is 0 Å². The lowest BCUT2D eigenvalue weighted by molar-refractivity contribution is -0.384. The van der Waals surface area contributed by atoms with Crippen LogP contribution in [0.5, 0.6) is 0 Å². The lowest BCUT2D eigenvalue weighted by atomic mass is 10.1. The van der Waals surface area contributed by atoms with E-state index in [1.54, 1.807) is 12.1 Å². The Morgan fingerprint density at radius 3 is 2.36 bits per heavy atom. The largest absolute Gasteiger partial charge is 0.416 e. The van der Waals surface area contributed by atoms with Crippen LogP contribution in [0.25, 0.3) is 0 Å². The predicted octanol–water partition coefficient (Wildman–Crippen LogP) is 4.24. The van der Waals surface area contributed by atoms with E-state index in [0.29, 0.717) is 11.8 Å². The summed E-state index contributed by atoms with van der Waals surface area (Å²) in [6.07, 6.45) is -4.67. The number of thiocarbonyl (C=S) groups is 1. The molecule has 0 fully saturated rings. The van der Waals surface area contributed by atoms with Crippen molar-refractivity contribution in [3.8, 4) is 0 Å². The molecule has 132 valence electrons. The SMILES string of the molecule is Cc1ccc(NC(=S)NNc2ccc(C(F)(F)F)cc2[N+](=O)[O-])cc1. The number of nitro groups is 1. The van der Waals surface area contributed by atoms with E-state index in [0.717, 1.165) is 17.7 Å². The third-order valence-electron chi connectivity index (χ3n) is 3.14. The summed E-state index contributed by atoms with van der Waals surface area (Å²) in [5.74, 6) is 0. The monoisotopic (exact) mass is 370 g/mol. The van der Waals surface area contributed by atoms with Gasteiger partial charge in [-0.05, 0) is 43.4 Å². The summed E-state index contributed by atoms with van der Waals surface area (Å²) < 4.78 is 38.0. The molecule has 0 unspecified atom stereocenters. The number of hydrogen-bond acceptors (Lipinski definition) is 4. The number of halogens is 3. The van der Waals surface area contributed by atoms with E-state index in [1.807, 2.05) is 19.1 Å². The number of aryl methyl sites for hydroxylation is 1. The van der Waals surface area contributed by atoms with Crippen LogP contribution in [-0.2, 0) is 6.18 Å². The zero-order valence-corrected chi connectivity index (χ0v) is 13.7. The molecule has 0 aliphatic rings.